The van der Waals surface area contributed by atoms with Gasteiger partial charge in [-0.15, -0.1) is 16.9 Å². The average Bonchev–Trinajstić information content (AvgIpc) is 3.10. The van der Waals surface area contributed by atoms with E-state index in [9.17, 15) is 9.90 Å². The molecular weight excluding hydrogens is 276 g/mol. The lowest BCUT2D eigenvalue weighted by atomic mass is 9.99. The van der Waals surface area contributed by atoms with Crippen LogP contribution in [0.1, 0.15) is 18.7 Å². The van der Waals surface area contributed by atoms with E-state index in [1.165, 1.54) is 11.8 Å². The summed E-state index contributed by atoms with van der Waals surface area (Å²) in [5.41, 5.74) is 0.844. The third kappa shape index (κ3) is 2.29. The number of nitrogens with zero attached hydrogens (tertiary/aromatic N) is 4. The maximum Gasteiger partial charge on any atom is 0.320 e. The van der Waals surface area contributed by atoms with Gasteiger partial charge >= 0.3 is 5.97 Å². The molecule has 0 radical (unpaired) electrons. The van der Waals surface area contributed by atoms with Crippen molar-refractivity contribution in [1.29, 1.82) is 0 Å². The van der Waals surface area contributed by atoms with Crippen LogP contribution in [0.5, 0.6) is 0 Å². The van der Waals surface area contributed by atoms with Crippen molar-refractivity contribution in [3.63, 3.8) is 0 Å². The van der Waals surface area contributed by atoms with Gasteiger partial charge in [0.1, 0.15) is 4.75 Å². The van der Waals surface area contributed by atoms with Crippen molar-refractivity contribution in [3.8, 4) is 5.69 Å². The molecule has 1 aliphatic rings. The summed E-state index contributed by atoms with van der Waals surface area (Å²) in [6.07, 6.45) is 1.92. The minimum absolute atomic E-state index is 0.342. The molecule has 0 spiro atoms. The average molecular weight is 290 g/mol. The van der Waals surface area contributed by atoms with Gasteiger partial charge in [-0.1, -0.05) is 18.2 Å². The van der Waals surface area contributed by atoms with Gasteiger partial charge in [0, 0.05) is 6.42 Å². The summed E-state index contributed by atoms with van der Waals surface area (Å²) in [5.74, 6) is 0.690. The first-order valence-corrected chi connectivity index (χ1v) is 7.40. The molecule has 1 N–H and O–H groups in total. The summed E-state index contributed by atoms with van der Waals surface area (Å²) in [4.78, 5) is 11.6. The molecule has 2 aromatic rings. The third-order valence-electron chi connectivity index (χ3n) is 3.47. The Bertz CT molecular complexity index is 608. The SMILES string of the molecule is O=C(O)C1(Cc2nnnn2-c2ccccc2)CCCS1. The van der Waals surface area contributed by atoms with Gasteiger partial charge in [-0.3, -0.25) is 4.79 Å². The molecule has 6 nitrogen and oxygen atoms in total. The number of hydrogen-bond acceptors (Lipinski definition) is 5. The molecule has 1 unspecified atom stereocenters. The van der Waals surface area contributed by atoms with Gasteiger partial charge in [-0.2, -0.15) is 4.68 Å². The van der Waals surface area contributed by atoms with Crippen LogP contribution in [-0.4, -0.2) is 41.8 Å². The second-order valence-corrected chi connectivity index (χ2v) is 6.25. The number of carboxylic acids is 1. The molecule has 1 aliphatic heterocycles. The van der Waals surface area contributed by atoms with Crippen LogP contribution in [0, 0.1) is 0 Å². The van der Waals surface area contributed by atoms with Gasteiger partial charge in [-0.25, -0.2) is 0 Å². The maximum absolute atomic E-state index is 11.6. The van der Waals surface area contributed by atoms with E-state index in [0.717, 1.165) is 17.9 Å². The number of aliphatic carboxylic acids is 1. The minimum Gasteiger partial charge on any atom is -0.480 e. The van der Waals surface area contributed by atoms with Crippen molar-refractivity contribution in [2.75, 3.05) is 5.75 Å². The number of aromatic nitrogens is 4. The first-order valence-electron chi connectivity index (χ1n) is 6.41. The van der Waals surface area contributed by atoms with Gasteiger partial charge in [0.05, 0.1) is 5.69 Å². The number of benzene rings is 1. The minimum atomic E-state index is -0.790. The fraction of sp³-hybridized carbons (Fsp3) is 0.385. The van der Waals surface area contributed by atoms with Crippen LogP contribution in [0.3, 0.4) is 0 Å². The van der Waals surface area contributed by atoms with E-state index in [-0.39, 0.29) is 0 Å². The van der Waals surface area contributed by atoms with E-state index in [2.05, 4.69) is 15.5 Å². The molecular formula is C13H14N4O2S. The fourth-order valence-electron chi connectivity index (χ4n) is 2.42. The van der Waals surface area contributed by atoms with E-state index in [1.54, 1.807) is 4.68 Å². The largest absolute Gasteiger partial charge is 0.480 e. The summed E-state index contributed by atoms with van der Waals surface area (Å²) in [7, 11) is 0. The zero-order valence-corrected chi connectivity index (χ0v) is 11.6. The zero-order chi connectivity index (χ0) is 14.0. The normalized spacial score (nSPS) is 22.0. The molecule has 104 valence electrons. The molecule has 1 fully saturated rings. The van der Waals surface area contributed by atoms with Gasteiger partial charge in [0.25, 0.3) is 0 Å². The van der Waals surface area contributed by atoms with Crippen LogP contribution >= 0.6 is 11.8 Å². The van der Waals surface area contributed by atoms with Crippen molar-refractivity contribution in [3.05, 3.63) is 36.2 Å². The Kier molecular flexibility index (Phi) is 3.43. The summed E-state index contributed by atoms with van der Waals surface area (Å²) in [5, 5.41) is 21.2. The predicted molar refractivity (Wildman–Crippen MR) is 74.9 cm³/mol. The van der Waals surface area contributed by atoms with Crippen molar-refractivity contribution < 1.29 is 9.90 Å². The maximum atomic E-state index is 11.6. The highest BCUT2D eigenvalue weighted by molar-refractivity contribution is 8.01. The molecule has 1 saturated heterocycles. The van der Waals surface area contributed by atoms with E-state index in [1.807, 2.05) is 30.3 Å². The smallest absolute Gasteiger partial charge is 0.320 e. The molecule has 1 aromatic heterocycles. The Morgan fingerprint density at radius 2 is 2.20 bits per heavy atom. The van der Waals surface area contributed by atoms with Gasteiger partial charge < -0.3 is 5.11 Å². The molecule has 7 heteroatoms. The number of para-hydroxylation sites is 1. The summed E-state index contributed by atoms with van der Waals surface area (Å²) >= 11 is 1.49. The molecule has 0 saturated carbocycles. The summed E-state index contributed by atoms with van der Waals surface area (Å²) in [6, 6.07) is 9.51. The first kappa shape index (κ1) is 13.1. The topological polar surface area (TPSA) is 80.9 Å². The number of rotatable bonds is 4. The quantitative estimate of drug-likeness (QED) is 0.920. The molecule has 0 aliphatic carbocycles. The Labute approximate surface area is 120 Å². The highest BCUT2D eigenvalue weighted by Crippen LogP contribution is 2.40. The lowest BCUT2D eigenvalue weighted by molar-refractivity contribution is -0.139. The molecule has 2 heterocycles. The van der Waals surface area contributed by atoms with Crippen LogP contribution < -0.4 is 0 Å². The highest BCUT2D eigenvalue weighted by Gasteiger charge is 2.43. The molecule has 0 bridgehead atoms. The second-order valence-electron chi connectivity index (χ2n) is 4.77. The van der Waals surface area contributed by atoms with Gasteiger partial charge in [0.15, 0.2) is 5.82 Å². The lowest BCUT2D eigenvalue weighted by Crippen LogP contribution is -2.35. The monoisotopic (exact) mass is 290 g/mol. The molecule has 20 heavy (non-hydrogen) atoms. The van der Waals surface area contributed by atoms with Crippen molar-refractivity contribution in [2.45, 2.75) is 24.0 Å². The summed E-state index contributed by atoms with van der Waals surface area (Å²) < 4.78 is 0.824. The first-order chi connectivity index (χ1) is 9.71. The fourth-order valence-corrected chi connectivity index (χ4v) is 3.74. The van der Waals surface area contributed by atoms with Crippen molar-refractivity contribution in [2.24, 2.45) is 0 Å². The summed E-state index contributed by atoms with van der Waals surface area (Å²) in [6.45, 7) is 0. The number of carbonyl (C=O) groups is 1. The number of thioether (sulfide) groups is 1. The molecule has 1 atom stereocenters. The van der Waals surface area contributed by atoms with Gasteiger partial charge in [-0.05, 0) is 41.2 Å². The van der Waals surface area contributed by atoms with Crippen LogP contribution in [0.15, 0.2) is 30.3 Å². The Morgan fingerprint density at radius 1 is 1.40 bits per heavy atom. The number of hydrogen-bond donors (Lipinski definition) is 1. The molecule has 1 aromatic carbocycles. The molecule has 3 rings (SSSR count). The zero-order valence-electron chi connectivity index (χ0n) is 10.8. The Balaban J connectivity index is 1.93. The van der Waals surface area contributed by atoms with Crippen LogP contribution in [0.25, 0.3) is 5.69 Å². The lowest BCUT2D eigenvalue weighted by Gasteiger charge is -2.21. The van der Waals surface area contributed by atoms with Crippen LogP contribution in [-0.2, 0) is 11.2 Å². The van der Waals surface area contributed by atoms with Gasteiger partial charge in [0.2, 0.25) is 0 Å². The standard InChI is InChI=1S/C13H14N4O2S/c18-12(19)13(7-4-8-20-13)9-11-14-15-16-17(11)10-5-2-1-3-6-10/h1-3,5-6H,4,7-9H2,(H,18,19). The predicted octanol–water partition coefficient (Wildman–Crippen LogP) is 1.56. The third-order valence-corrected chi connectivity index (χ3v) is 5.04. The van der Waals surface area contributed by atoms with E-state index in [4.69, 9.17) is 0 Å². The van der Waals surface area contributed by atoms with E-state index >= 15 is 0 Å². The Morgan fingerprint density at radius 3 is 2.85 bits per heavy atom. The van der Waals surface area contributed by atoms with E-state index < -0.39 is 10.7 Å². The second kappa shape index (κ2) is 5.24. The van der Waals surface area contributed by atoms with E-state index in [0.29, 0.717) is 18.7 Å². The Hall–Kier alpha value is -1.89. The number of tetrazole rings is 1. The number of carboxylic acid groups (broad SMARTS) is 1. The highest BCUT2D eigenvalue weighted by atomic mass is 32.2. The van der Waals surface area contributed by atoms with Crippen molar-refractivity contribution >= 4 is 17.7 Å². The van der Waals surface area contributed by atoms with Crippen LogP contribution in [0.2, 0.25) is 0 Å². The van der Waals surface area contributed by atoms with Crippen LogP contribution in [0.4, 0.5) is 0 Å². The van der Waals surface area contributed by atoms with Crippen molar-refractivity contribution in [1.82, 2.24) is 20.2 Å². The molecule has 0 amide bonds.